The molecule has 0 spiro atoms. The van der Waals surface area contributed by atoms with Gasteiger partial charge in [0.25, 0.3) is 0 Å². The van der Waals surface area contributed by atoms with Gasteiger partial charge in [0.1, 0.15) is 6.61 Å². The molecule has 1 aromatic carbocycles. The molecule has 1 aromatic rings. The molecule has 1 aliphatic heterocycles. The molecular weight excluding hydrogens is 238 g/mol. The number of alkyl carbamates (subject to hydrolysis) is 1. The van der Waals surface area contributed by atoms with E-state index in [1.54, 1.807) is 12.1 Å². The summed E-state index contributed by atoms with van der Waals surface area (Å²) in [5, 5.41) is 2.23. The Morgan fingerprint density at radius 3 is 2.61 bits per heavy atom. The van der Waals surface area contributed by atoms with Crippen molar-refractivity contribution < 1.29 is 23.9 Å². The molecule has 1 unspecified atom stereocenters. The molecule has 0 aliphatic carbocycles. The molecule has 0 bridgehead atoms. The summed E-state index contributed by atoms with van der Waals surface area (Å²) in [5.74, 6) is -1.19. The maximum atomic E-state index is 11.5. The fourth-order valence-electron chi connectivity index (χ4n) is 1.49. The molecular formula is C12H11NO5. The SMILES string of the molecule is O=C(Cc1ccccc1)OCC1NC(=O)OC1=O. The van der Waals surface area contributed by atoms with Gasteiger partial charge >= 0.3 is 18.0 Å². The number of ether oxygens (including phenoxy) is 2. The largest absolute Gasteiger partial charge is 0.463 e. The first-order valence-corrected chi connectivity index (χ1v) is 5.37. The number of nitrogens with one attached hydrogen (secondary N) is 1. The third kappa shape index (κ3) is 3.07. The van der Waals surface area contributed by atoms with E-state index in [1.807, 2.05) is 18.2 Å². The zero-order valence-corrected chi connectivity index (χ0v) is 9.42. The number of carbonyl (C=O) groups is 3. The Kier molecular flexibility index (Phi) is 3.57. The van der Waals surface area contributed by atoms with Crippen molar-refractivity contribution >= 4 is 18.0 Å². The van der Waals surface area contributed by atoms with E-state index in [-0.39, 0.29) is 13.0 Å². The average Bonchev–Trinajstić information content (AvgIpc) is 2.66. The number of rotatable bonds is 4. The quantitative estimate of drug-likeness (QED) is 0.617. The van der Waals surface area contributed by atoms with Gasteiger partial charge in [-0.15, -0.1) is 0 Å². The minimum atomic E-state index is -0.905. The van der Waals surface area contributed by atoms with Crippen molar-refractivity contribution in [1.29, 1.82) is 0 Å². The molecule has 6 nitrogen and oxygen atoms in total. The van der Waals surface area contributed by atoms with E-state index in [4.69, 9.17) is 4.74 Å². The van der Waals surface area contributed by atoms with Crippen LogP contribution in [0.25, 0.3) is 0 Å². The normalized spacial score (nSPS) is 18.1. The van der Waals surface area contributed by atoms with Crippen LogP contribution in [0.4, 0.5) is 4.79 Å². The average molecular weight is 249 g/mol. The van der Waals surface area contributed by atoms with Crippen molar-refractivity contribution in [2.45, 2.75) is 12.5 Å². The van der Waals surface area contributed by atoms with Crippen LogP contribution in [0.2, 0.25) is 0 Å². The Labute approximate surface area is 103 Å². The van der Waals surface area contributed by atoms with E-state index in [1.165, 1.54) is 0 Å². The third-order valence-corrected chi connectivity index (χ3v) is 2.37. The highest BCUT2D eigenvalue weighted by Crippen LogP contribution is 2.04. The van der Waals surface area contributed by atoms with Crippen LogP contribution < -0.4 is 5.32 Å². The van der Waals surface area contributed by atoms with Gasteiger partial charge in [0.15, 0.2) is 6.04 Å². The summed E-state index contributed by atoms with van der Waals surface area (Å²) in [6.45, 7) is -0.212. The molecule has 1 N–H and O–H groups in total. The van der Waals surface area contributed by atoms with Crippen LogP contribution in [-0.2, 0) is 25.5 Å². The monoisotopic (exact) mass is 249 g/mol. The summed E-state index contributed by atoms with van der Waals surface area (Å²) in [5.41, 5.74) is 0.820. The lowest BCUT2D eigenvalue weighted by Crippen LogP contribution is -2.34. The van der Waals surface area contributed by atoms with Gasteiger partial charge in [0, 0.05) is 0 Å². The van der Waals surface area contributed by atoms with Gasteiger partial charge in [-0.05, 0) is 5.56 Å². The molecule has 1 amide bonds. The molecule has 1 saturated heterocycles. The summed E-state index contributed by atoms with van der Waals surface area (Å²) in [6.07, 6.45) is -0.694. The molecule has 1 aliphatic rings. The fourth-order valence-corrected chi connectivity index (χ4v) is 1.49. The Morgan fingerprint density at radius 2 is 2.00 bits per heavy atom. The Balaban J connectivity index is 1.79. The van der Waals surface area contributed by atoms with Crippen LogP contribution in [0.15, 0.2) is 30.3 Å². The topological polar surface area (TPSA) is 81.7 Å². The Morgan fingerprint density at radius 1 is 1.28 bits per heavy atom. The van der Waals surface area contributed by atoms with Crippen LogP contribution in [0.3, 0.4) is 0 Å². The van der Waals surface area contributed by atoms with E-state index in [9.17, 15) is 14.4 Å². The van der Waals surface area contributed by atoms with Gasteiger partial charge in [-0.25, -0.2) is 9.59 Å². The highest BCUT2D eigenvalue weighted by atomic mass is 16.6. The lowest BCUT2D eigenvalue weighted by Gasteiger charge is -2.07. The highest BCUT2D eigenvalue weighted by Gasteiger charge is 2.33. The maximum Gasteiger partial charge on any atom is 0.415 e. The summed E-state index contributed by atoms with van der Waals surface area (Å²) >= 11 is 0. The molecule has 1 fully saturated rings. The molecule has 6 heteroatoms. The standard InChI is InChI=1S/C12H11NO5/c14-10(6-8-4-2-1-3-5-8)17-7-9-11(15)18-12(16)13-9/h1-5,9H,6-7H2,(H,13,16). The summed E-state index contributed by atoms with van der Waals surface area (Å²) < 4.78 is 9.14. The molecule has 1 atom stereocenters. The minimum Gasteiger partial charge on any atom is -0.463 e. The van der Waals surface area contributed by atoms with E-state index in [0.717, 1.165) is 5.56 Å². The Bertz CT molecular complexity index is 471. The number of cyclic esters (lactones) is 2. The smallest absolute Gasteiger partial charge is 0.415 e. The minimum absolute atomic E-state index is 0.122. The second kappa shape index (κ2) is 5.31. The molecule has 0 aromatic heterocycles. The van der Waals surface area contributed by atoms with Crippen molar-refractivity contribution in [1.82, 2.24) is 5.32 Å². The summed E-state index contributed by atoms with van der Waals surface area (Å²) in [7, 11) is 0. The molecule has 0 radical (unpaired) electrons. The number of hydrogen-bond donors (Lipinski definition) is 1. The van der Waals surface area contributed by atoms with E-state index >= 15 is 0 Å². The zero-order valence-electron chi connectivity index (χ0n) is 9.42. The van der Waals surface area contributed by atoms with Crippen LogP contribution in [-0.4, -0.2) is 30.7 Å². The first-order valence-electron chi connectivity index (χ1n) is 5.37. The van der Waals surface area contributed by atoms with Gasteiger partial charge in [0.2, 0.25) is 0 Å². The van der Waals surface area contributed by atoms with Crippen LogP contribution >= 0.6 is 0 Å². The van der Waals surface area contributed by atoms with Crippen molar-refractivity contribution in [3.05, 3.63) is 35.9 Å². The fraction of sp³-hybridized carbons (Fsp3) is 0.250. The summed E-state index contributed by atoms with van der Waals surface area (Å²) in [4.78, 5) is 33.2. The predicted octanol–water partition coefficient (Wildman–Crippen LogP) is 0.407. The van der Waals surface area contributed by atoms with Crippen LogP contribution in [0, 0.1) is 0 Å². The second-order valence-corrected chi connectivity index (χ2v) is 3.75. The van der Waals surface area contributed by atoms with E-state index in [2.05, 4.69) is 10.1 Å². The number of esters is 2. The van der Waals surface area contributed by atoms with Gasteiger partial charge in [-0.1, -0.05) is 30.3 Å². The number of benzene rings is 1. The van der Waals surface area contributed by atoms with Crippen LogP contribution in [0.1, 0.15) is 5.56 Å². The molecule has 1 heterocycles. The van der Waals surface area contributed by atoms with Crippen molar-refractivity contribution in [2.75, 3.05) is 6.61 Å². The van der Waals surface area contributed by atoms with Gasteiger partial charge < -0.3 is 14.8 Å². The zero-order chi connectivity index (χ0) is 13.0. The Hall–Kier alpha value is -2.37. The van der Waals surface area contributed by atoms with Gasteiger partial charge in [-0.3, -0.25) is 4.79 Å². The number of amides is 1. The van der Waals surface area contributed by atoms with Crippen molar-refractivity contribution in [3.8, 4) is 0 Å². The lowest BCUT2D eigenvalue weighted by atomic mass is 10.2. The molecule has 18 heavy (non-hydrogen) atoms. The molecule has 2 rings (SSSR count). The third-order valence-electron chi connectivity index (χ3n) is 2.37. The number of hydrogen-bond acceptors (Lipinski definition) is 5. The maximum absolute atomic E-state index is 11.5. The second-order valence-electron chi connectivity index (χ2n) is 3.75. The first-order chi connectivity index (χ1) is 8.65. The molecule has 0 saturated carbocycles. The van der Waals surface area contributed by atoms with E-state index in [0.29, 0.717) is 0 Å². The highest BCUT2D eigenvalue weighted by molar-refractivity contribution is 5.95. The van der Waals surface area contributed by atoms with Crippen LogP contribution in [0.5, 0.6) is 0 Å². The van der Waals surface area contributed by atoms with Gasteiger partial charge in [-0.2, -0.15) is 0 Å². The lowest BCUT2D eigenvalue weighted by molar-refractivity contribution is -0.145. The summed E-state index contributed by atoms with van der Waals surface area (Å²) in [6, 6.07) is 8.17. The molecule has 94 valence electrons. The van der Waals surface area contributed by atoms with Gasteiger partial charge in [0.05, 0.1) is 6.42 Å². The predicted molar refractivity (Wildman–Crippen MR) is 59.5 cm³/mol. The number of carbonyl (C=O) groups excluding carboxylic acids is 3. The van der Waals surface area contributed by atoms with Crippen molar-refractivity contribution in [3.63, 3.8) is 0 Å². The van der Waals surface area contributed by atoms with E-state index < -0.39 is 24.1 Å². The van der Waals surface area contributed by atoms with Crippen molar-refractivity contribution in [2.24, 2.45) is 0 Å². The first kappa shape index (κ1) is 12.1.